The summed E-state index contributed by atoms with van der Waals surface area (Å²) in [5.74, 6) is 0. The van der Waals surface area contributed by atoms with Gasteiger partial charge in [0.05, 0.1) is 10.2 Å². The Hall–Kier alpha value is -0.0994. The van der Waals surface area contributed by atoms with E-state index in [0.717, 1.165) is 0 Å². The number of hydrogen-bond acceptors (Lipinski definition) is 6. The number of aromatic nitrogens is 2. The fourth-order valence-corrected chi connectivity index (χ4v) is 7.58. The summed E-state index contributed by atoms with van der Waals surface area (Å²) in [5, 5.41) is -0.0787. The van der Waals surface area contributed by atoms with E-state index in [1.54, 1.807) is 6.20 Å². The lowest BCUT2D eigenvalue weighted by Gasteiger charge is -2.44. The van der Waals surface area contributed by atoms with Crippen LogP contribution in [-0.4, -0.2) is 59.4 Å². The van der Waals surface area contributed by atoms with Crippen molar-refractivity contribution in [3.8, 4) is 0 Å². The van der Waals surface area contributed by atoms with Crippen molar-refractivity contribution in [2.75, 3.05) is 6.61 Å². The zero-order valence-corrected chi connectivity index (χ0v) is 32.0. The van der Waals surface area contributed by atoms with E-state index in [1.807, 2.05) is 22.6 Å². The molecule has 12 heteroatoms. The molecule has 1 saturated heterocycles. The van der Waals surface area contributed by atoms with Gasteiger partial charge in [0.15, 0.2) is 31.2 Å². The third kappa shape index (κ3) is 7.85. The standard InChI is InChI=1S/C27H53IN2O6Si3/c1-25(2,3)37(10,11)33-17-19-20(35-38(12,13)26(4,5)6)21(36-39(14,15)27(7,8)9)23(34-19)30-16-18(28)22(31)29-24(30)32/h16,19-21,23H,17H2,1-15H3,(H,29,31,32)/t19-,20-,21-,23-/m1/s1. The van der Waals surface area contributed by atoms with Gasteiger partial charge in [-0.25, -0.2) is 4.79 Å². The second-order valence-electron chi connectivity index (χ2n) is 15.5. The van der Waals surface area contributed by atoms with Gasteiger partial charge < -0.3 is 18.0 Å². The lowest BCUT2D eigenvalue weighted by Crippen LogP contribution is -2.55. The van der Waals surface area contributed by atoms with Crippen LogP contribution in [0.2, 0.25) is 54.4 Å². The van der Waals surface area contributed by atoms with E-state index in [4.69, 9.17) is 18.0 Å². The molecule has 39 heavy (non-hydrogen) atoms. The number of nitrogens with zero attached hydrogens (tertiary/aromatic N) is 1. The number of nitrogens with one attached hydrogen (secondary N) is 1. The number of H-pyrrole nitrogens is 1. The van der Waals surface area contributed by atoms with Crippen LogP contribution < -0.4 is 11.2 Å². The van der Waals surface area contributed by atoms with Crippen molar-refractivity contribution < 1.29 is 18.0 Å². The van der Waals surface area contributed by atoms with Crippen LogP contribution in [0.4, 0.5) is 0 Å². The van der Waals surface area contributed by atoms with Crippen molar-refractivity contribution in [2.24, 2.45) is 0 Å². The quantitative estimate of drug-likeness (QED) is 0.235. The maximum Gasteiger partial charge on any atom is 0.330 e. The second kappa shape index (κ2) is 11.5. The molecule has 0 spiro atoms. The summed E-state index contributed by atoms with van der Waals surface area (Å²) < 4.78 is 29.4. The SMILES string of the molecule is CC(C)(C)[Si](C)(C)OC[C@H]1O[C@@H](n2cc(I)c(=O)[nH]c2=O)[C@H](O[Si](C)(C)C(C)(C)C)[C@@H]1O[Si](C)(C)C(C)(C)C. The summed E-state index contributed by atoms with van der Waals surface area (Å²) in [6.07, 6.45) is -0.627. The minimum atomic E-state index is -2.33. The van der Waals surface area contributed by atoms with Crippen molar-refractivity contribution in [3.05, 3.63) is 30.6 Å². The van der Waals surface area contributed by atoms with Crippen LogP contribution in [0, 0.1) is 3.57 Å². The monoisotopic (exact) mass is 712 g/mol. The summed E-state index contributed by atoms with van der Waals surface area (Å²) in [5.41, 5.74) is -0.935. The summed E-state index contributed by atoms with van der Waals surface area (Å²) in [6.45, 7) is 33.5. The molecule has 1 aliphatic rings. The molecule has 0 aromatic carbocycles. The van der Waals surface area contributed by atoms with Crippen molar-refractivity contribution in [1.29, 1.82) is 0 Å². The third-order valence-electron chi connectivity index (χ3n) is 9.37. The van der Waals surface area contributed by atoms with Crippen molar-refractivity contribution >= 4 is 47.5 Å². The molecular weight excluding hydrogens is 659 g/mol. The number of aromatic amines is 1. The van der Waals surface area contributed by atoms with E-state index in [-0.39, 0.29) is 15.1 Å². The van der Waals surface area contributed by atoms with Gasteiger partial charge in [0, 0.05) is 6.20 Å². The minimum Gasteiger partial charge on any atom is -0.414 e. The topological polar surface area (TPSA) is 91.8 Å². The van der Waals surface area contributed by atoms with Gasteiger partial charge in [0.1, 0.15) is 18.3 Å². The van der Waals surface area contributed by atoms with Crippen LogP contribution in [0.1, 0.15) is 68.5 Å². The normalized spacial score (nSPS) is 23.9. The molecule has 2 heterocycles. The van der Waals surface area contributed by atoms with Crippen LogP contribution >= 0.6 is 22.6 Å². The molecule has 0 bridgehead atoms. The Kier molecular flexibility index (Phi) is 10.4. The maximum atomic E-state index is 13.1. The molecule has 0 aliphatic carbocycles. The van der Waals surface area contributed by atoms with E-state index in [0.29, 0.717) is 10.2 Å². The predicted molar refractivity (Wildman–Crippen MR) is 175 cm³/mol. The number of rotatable bonds is 8. The Bertz CT molecular complexity index is 1130. The van der Waals surface area contributed by atoms with Crippen molar-refractivity contribution in [3.63, 3.8) is 0 Å². The highest BCUT2D eigenvalue weighted by molar-refractivity contribution is 14.1. The fraction of sp³-hybridized carbons (Fsp3) is 0.852. The number of ether oxygens (including phenoxy) is 1. The molecular formula is C27H53IN2O6Si3. The average molecular weight is 713 g/mol. The summed E-state index contributed by atoms with van der Waals surface area (Å²) in [6, 6.07) is 0. The highest BCUT2D eigenvalue weighted by Gasteiger charge is 2.55. The van der Waals surface area contributed by atoms with E-state index in [2.05, 4.69) is 107 Å². The number of hydrogen-bond donors (Lipinski definition) is 1. The van der Waals surface area contributed by atoms with E-state index in [1.165, 1.54) is 4.57 Å². The van der Waals surface area contributed by atoms with Crippen molar-refractivity contribution in [2.45, 2.75) is 141 Å². The highest BCUT2D eigenvalue weighted by Crippen LogP contribution is 2.46. The van der Waals surface area contributed by atoms with Gasteiger partial charge in [-0.1, -0.05) is 62.3 Å². The van der Waals surface area contributed by atoms with Crippen LogP contribution in [0.15, 0.2) is 15.8 Å². The molecule has 1 aliphatic heterocycles. The Labute approximate surface area is 252 Å². The zero-order chi connectivity index (χ0) is 30.6. The minimum absolute atomic E-state index is 0.0315. The van der Waals surface area contributed by atoms with E-state index in [9.17, 15) is 9.59 Å². The molecule has 0 amide bonds. The molecule has 8 nitrogen and oxygen atoms in total. The molecule has 1 aromatic rings. The molecule has 4 atom stereocenters. The fourth-order valence-electron chi connectivity index (χ4n) is 3.52. The molecule has 0 radical (unpaired) electrons. The molecule has 1 N–H and O–H groups in total. The smallest absolute Gasteiger partial charge is 0.330 e. The van der Waals surface area contributed by atoms with Crippen LogP contribution in [0.3, 0.4) is 0 Å². The van der Waals surface area contributed by atoms with Gasteiger partial charge in [-0.15, -0.1) is 0 Å². The zero-order valence-electron chi connectivity index (χ0n) is 26.9. The van der Waals surface area contributed by atoms with Crippen LogP contribution in [0.25, 0.3) is 0 Å². The molecule has 2 rings (SSSR count). The van der Waals surface area contributed by atoms with Gasteiger partial charge >= 0.3 is 5.69 Å². The van der Waals surface area contributed by atoms with E-state index >= 15 is 0 Å². The van der Waals surface area contributed by atoms with Gasteiger partial charge in [0.25, 0.3) is 5.56 Å². The van der Waals surface area contributed by atoms with Crippen LogP contribution in [-0.2, 0) is 18.0 Å². The second-order valence-corrected chi connectivity index (χ2v) is 30.9. The first-order valence-electron chi connectivity index (χ1n) is 13.9. The molecule has 1 aromatic heterocycles. The largest absolute Gasteiger partial charge is 0.414 e. The molecule has 0 saturated carbocycles. The maximum absolute atomic E-state index is 13.1. The Balaban J connectivity index is 2.70. The Morgan fingerprint density at radius 2 is 1.26 bits per heavy atom. The first-order chi connectivity index (χ1) is 17.2. The van der Waals surface area contributed by atoms with Gasteiger partial charge in [-0.3, -0.25) is 14.3 Å². The van der Waals surface area contributed by atoms with Gasteiger partial charge in [0.2, 0.25) is 0 Å². The van der Waals surface area contributed by atoms with Crippen molar-refractivity contribution in [1.82, 2.24) is 9.55 Å². The lowest BCUT2D eigenvalue weighted by molar-refractivity contribution is -0.0511. The lowest BCUT2D eigenvalue weighted by atomic mass is 10.1. The summed E-state index contributed by atoms with van der Waals surface area (Å²) in [7, 11) is -6.72. The molecule has 226 valence electrons. The summed E-state index contributed by atoms with van der Waals surface area (Å²) >= 11 is 1.95. The highest BCUT2D eigenvalue weighted by atomic mass is 127. The average Bonchev–Trinajstić information content (AvgIpc) is 3.02. The third-order valence-corrected chi connectivity index (χ3v) is 23.6. The predicted octanol–water partition coefficient (Wildman–Crippen LogP) is 6.84. The van der Waals surface area contributed by atoms with Gasteiger partial charge in [-0.05, 0) is 77.0 Å². The Morgan fingerprint density at radius 3 is 1.69 bits per heavy atom. The van der Waals surface area contributed by atoms with Crippen LogP contribution in [0.5, 0.6) is 0 Å². The first-order valence-corrected chi connectivity index (χ1v) is 23.7. The number of halogens is 1. The molecule has 1 fully saturated rings. The molecule has 0 unspecified atom stereocenters. The first kappa shape index (κ1) is 35.1. The van der Waals surface area contributed by atoms with E-state index < -0.39 is 60.7 Å². The Morgan fingerprint density at radius 1 is 0.821 bits per heavy atom. The summed E-state index contributed by atoms with van der Waals surface area (Å²) in [4.78, 5) is 27.8. The van der Waals surface area contributed by atoms with Gasteiger partial charge in [-0.2, -0.15) is 0 Å².